The number of anilines is 2. The van der Waals surface area contributed by atoms with Crippen molar-refractivity contribution >= 4 is 40.8 Å². The van der Waals surface area contributed by atoms with Gasteiger partial charge in [0.2, 0.25) is 5.91 Å². The highest BCUT2D eigenvalue weighted by Gasteiger charge is 2.21. The summed E-state index contributed by atoms with van der Waals surface area (Å²) in [6.45, 7) is 2.64. The van der Waals surface area contributed by atoms with E-state index < -0.39 is 5.97 Å². The molecule has 140 valence electrons. The number of hydrogen-bond donors (Lipinski definition) is 1. The molecular weight excluding hydrogens is 368 g/mol. The SMILES string of the molecule is CCOC(=O)c1cc(NC(=O)c2ccc(N3CCCC3=O)cc2)ccc1Cl. The van der Waals surface area contributed by atoms with E-state index in [-0.39, 0.29) is 29.0 Å². The molecule has 27 heavy (non-hydrogen) atoms. The highest BCUT2D eigenvalue weighted by atomic mass is 35.5. The van der Waals surface area contributed by atoms with Crippen molar-refractivity contribution in [1.82, 2.24) is 0 Å². The molecule has 1 fully saturated rings. The number of nitrogens with zero attached hydrogens (tertiary/aromatic N) is 1. The summed E-state index contributed by atoms with van der Waals surface area (Å²) in [6, 6.07) is 11.5. The van der Waals surface area contributed by atoms with E-state index in [9.17, 15) is 14.4 Å². The smallest absolute Gasteiger partial charge is 0.339 e. The highest BCUT2D eigenvalue weighted by Crippen LogP contribution is 2.24. The van der Waals surface area contributed by atoms with Crippen LogP contribution >= 0.6 is 11.6 Å². The lowest BCUT2D eigenvalue weighted by atomic mass is 10.1. The minimum atomic E-state index is -0.543. The van der Waals surface area contributed by atoms with Crippen molar-refractivity contribution in [2.75, 3.05) is 23.4 Å². The molecule has 0 atom stereocenters. The Hall–Kier alpha value is -2.86. The van der Waals surface area contributed by atoms with Gasteiger partial charge in [0, 0.05) is 29.9 Å². The minimum absolute atomic E-state index is 0.0971. The molecule has 3 rings (SSSR count). The maximum atomic E-state index is 12.5. The fourth-order valence-electron chi connectivity index (χ4n) is 2.89. The van der Waals surface area contributed by atoms with Gasteiger partial charge >= 0.3 is 5.97 Å². The van der Waals surface area contributed by atoms with Crippen molar-refractivity contribution in [3.63, 3.8) is 0 Å². The summed E-state index contributed by atoms with van der Waals surface area (Å²) in [6.07, 6.45) is 1.40. The molecule has 0 bridgehead atoms. The average molecular weight is 387 g/mol. The first-order valence-electron chi connectivity index (χ1n) is 8.68. The Morgan fingerprint density at radius 1 is 1.19 bits per heavy atom. The quantitative estimate of drug-likeness (QED) is 0.791. The van der Waals surface area contributed by atoms with Gasteiger partial charge in [-0.3, -0.25) is 9.59 Å². The standard InChI is InChI=1S/C20H19ClN2O4/c1-2-27-20(26)16-12-14(7-10-17(16)21)22-19(25)13-5-8-15(9-6-13)23-11-3-4-18(23)24/h5-10,12H,2-4,11H2,1H3,(H,22,25). The first-order chi connectivity index (χ1) is 13.0. The number of amides is 2. The zero-order valence-corrected chi connectivity index (χ0v) is 15.6. The van der Waals surface area contributed by atoms with E-state index in [1.54, 1.807) is 42.2 Å². The van der Waals surface area contributed by atoms with Crippen LogP contribution in [0.4, 0.5) is 11.4 Å². The maximum absolute atomic E-state index is 12.5. The van der Waals surface area contributed by atoms with Crippen LogP contribution in [0.5, 0.6) is 0 Å². The summed E-state index contributed by atoms with van der Waals surface area (Å²) >= 11 is 6.03. The van der Waals surface area contributed by atoms with Gasteiger partial charge in [-0.25, -0.2) is 4.79 Å². The molecule has 1 heterocycles. The fourth-order valence-corrected chi connectivity index (χ4v) is 3.08. The van der Waals surface area contributed by atoms with E-state index in [1.165, 1.54) is 12.1 Å². The molecule has 0 unspecified atom stereocenters. The fraction of sp³-hybridized carbons (Fsp3) is 0.250. The van der Waals surface area contributed by atoms with Crippen LogP contribution in [0.3, 0.4) is 0 Å². The molecule has 0 aromatic heterocycles. The predicted octanol–water partition coefficient (Wildman–Crippen LogP) is 3.90. The lowest BCUT2D eigenvalue weighted by molar-refractivity contribution is -0.117. The Balaban J connectivity index is 1.72. The van der Waals surface area contributed by atoms with E-state index in [0.717, 1.165) is 12.1 Å². The van der Waals surface area contributed by atoms with Crippen molar-refractivity contribution in [1.29, 1.82) is 0 Å². The Labute approximate surface area is 162 Å². The molecule has 1 saturated heterocycles. The summed E-state index contributed by atoms with van der Waals surface area (Å²) in [5.74, 6) is -0.774. The molecule has 1 N–H and O–H groups in total. The van der Waals surface area contributed by atoms with Gasteiger partial charge in [0.15, 0.2) is 0 Å². The molecule has 6 nitrogen and oxygen atoms in total. The molecule has 2 aromatic carbocycles. The third-order valence-corrected chi connectivity index (χ3v) is 4.56. The van der Waals surface area contributed by atoms with Gasteiger partial charge in [0.25, 0.3) is 5.91 Å². The van der Waals surface area contributed by atoms with Gasteiger partial charge in [-0.15, -0.1) is 0 Å². The number of rotatable bonds is 5. The number of ether oxygens (including phenoxy) is 1. The van der Waals surface area contributed by atoms with Crippen LogP contribution in [-0.4, -0.2) is 30.9 Å². The summed E-state index contributed by atoms with van der Waals surface area (Å²) in [5.41, 5.74) is 1.86. The maximum Gasteiger partial charge on any atom is 0.339 e. The number of carbonyl (C=O) groups excluding carboxylic acids is 3. The van der Waals surface area contributed by atoms with Crippen LogP contribution in [-0.2, 0) is 9.53 Å². The number of esters is 1. The Kier molecular flexibility index (Phi) is 5.76. The Bertz CT molecular complexity index is 880. The lowest BCUT2D eigenvalue weighted by Gasteiger charge is -2.16. The number of nitrogens with one attached hydrogen (secondary N) is 1. The third-order valence-electron chi connectivity index (χ3n) is 4.23. The molecule has 0 radical (unpaired) electrons. The second-order valence-corrected chi connectivity index (χ2v) is 6.47. The van der Waals surface area contributed by atoms with Crippen LogP contribution in [0, 0.1) is 0 Å². The zero-order valence-electron chi connectivity index (χ0n) is 14.8. The van der Waals surface area contributed by atoms with Gasteiger partial charge in [0.1, 0.15) is 0 Å². The van der Waals surface area contributed by atoms with E-state index in [1.807, 2.05) is 0 Å². The van der Waals surface area contributed by atoms with E-state index in [2.05, 4.69) is 5.32 Å². The average Bonchev–Trinajstić information content (AvgIpc) is 3.09. The van der Waals surface area contributed by atoms with Crippen molar-refractivity contribution in [2.45, 2.75) is 19.8 Å². The molecule has 0 spiro atoms. The normalized spacial score (nSPS) is 13.6. The molecule has 1 aliphatic rings. The molecule has 2 amide bonds. The Morgan fingerprint density at radius 3 is 2.56 bits per heavy atom. The third kappa shape index (κ3) is 4.28. The second kappa shape index (κ2) is 8.22. The van der Waals surface area contributed by atoms with Crippen molar-refractivity contribution in [3.05, 3.63) is 58.6 Å². The molecular formula is C20H19ClN2O4. The number of halogens is 1. The summed E-state index contributed by atoms with van der Waals surface area (Å²) < 4.78 is 4.96. The first kappa shape index (κ1) is 18.9. The molecule has 7 heteroatoms. The minimum Gasteiger partial charge on any atom is -0.462 e. The Morgan fingerprint density at radius 2 is 1.93 bits per heavy atom. The van der Waals surface area contributed by atoms with Crippen LogP contribution in [0.1, 0.15) is 40.5 Å². The molecule has 1 aliphatic heterocycles. The largest absolute Gasteiger partial charge is 0.462 e. The number of carbonyl (C=O) groups is 3. The van der Waals surface area contributed by atoms with E-state index in [0.29, 0.717) is 24.2 Å². The van der Waals surface area contributed by atoms with Crippen molar-refractivity contribution < 1.29 is 19.1 Å². The summed E-state index contributed by atoms with van der Waals surface area (Å²) in [4.78, 5) is 37.9. The van der Waals surface area contributed by atoms with Crippen LogP contribution < -0.4 is 10.2 Å². The number of hydrogen-bond acceptors (Lipinski definition) is 4. The highest BCUT2D eigenvalue weighted by molar-refractivity contribution is 6.33. The van der Waals surface area contributed by atoms with Gasteiger partial charge in [-0.2, -0.15) is 0 Å². The van der Waals surface area contributed by atoms with Crippen LogP contribution in [0.25, 0.3) is 0 Å². The van der Waals surface area contributed by atoms with Crippen molar-refractivity contribution in [2.24, 2.45) is 0 Å². The first-order valence-corrected chi connectivity index (χ1v) is 9.06. The molecule has 0 saturated carbocycles. The van der Waals surface area contributed by atoms with Crippen LogP contribution in [0.15, 0.2) is 42.5 Å². The van der Waals surface area contributed by atoms with Gasteiger partial charge < -0.3 is 15.0 Å². The zero-order chi connectivity index (χ0) is 19.4. The van der Waals surface area contributed by atoms with Gasteiger partial charge in [0.05, 0.1) is 17.2 Å². The van der Waals surface area contributed by atoms with E-state index >= 15 is 0 Å². The summed E-state index contributed by atoms with van der Waals surface area (Å²) in [5, 5.41) is 2.99. The predicted molar refractivity (Wildman–Crippen MR) is 103 cm³/mol. The molecule has 2 aromatic rings. The van der Waals surface area contributed by atoms with Gasteiger partial charge in [-0.05, 0) is 55.8 Å². The lowest BCUT2D eigenvalue weighted by Crippen LogP contribution is -2.23. The topological polar surface area (TPSA) is 75.7 Å². The van der Waals surface area contributed by atoms with Crippen LogP contribution in [0.2, 0.25) is 5.02 Å². The monoisotopic (exact) mass is 386 g/mol. The van der Waals surface area contributed by atoms with E-state index in [4.69, 9.17) is 16.3 Å². The molecule has 0 aliphatic carbocycles. The van der Waals surface area contributed by atoms with Gasteiger partial charge in [-0.1, -0.05) is 11.6 Å². The number of benzene rings is 2. The van der Waals surface area contributed by atoms with Crippen molar-refractivity contribution in [3.8, 4) is 0 Å². The summed E-state index contributed by atoms with van der Waals surface area (Å²) in [7, 11) is 0. The second-order valence-electron chi connectivity index (χ2n) is 6.07.